The summed E-state index contributed by atoms with van der Waals surface area (Å²) < 4.78 is 0. The van der Waals surface area contributed by atoms with E-state index in [-0.39, 0.29) is 0 Å². The Morgan fingerprint density at radius 2 is 1.84 bits per heavy atom. The second-order valence-electron chi connectivity index (χ2n) is 5.33. The molecule has 1 saturated carbocycles. The van der Waals surface area contributed by atoms with Crippen LogP contribution in [0, 0.1) is 0 Å². The maximum atomic E-state index is 10.6. The number of hydrogen-bond donors (Lipinski definition) is 2. The monoisotopic (exact) mass is 253 g/mol. The lowest BCUT2D eigenvalue weighted by Gasteiger charge is -2.29. The van der Waals surface area contributed by atoms with Crippen molar-refractivity contribution in [3.63, 3.8) is 0 Å². The van der Waals surface area contributed by atoms with E-state index in [1.54, 1.807) is 0 Å². The lowest BCUT2D eigenvalue weighted by Crippen LogP contribution is -2.13. The minimum atomic E-state index is -0.583. The molecule has 2 nitrogen and oxygen atoms in total. The first-order chi connectivity index (χ1) is 9.25. The first-order valence-corrected chi connectivity index (χ1v) is 6.88. The number of nitrogens with two attached hydrogens (primary N) is 1. The highest BCUT2D eigenvalue weighted by molar-refractivity contribution is 5.45. The molecule has 2 aromatic carbocycles. The number of aliphatic hydroxyl groups is 1. The number of benzene rings is 2. The molecule has 3 N–H and O–H groups in total. The van der Waals surface area contributed by atoms with Gasteiger partial charge in [-0.2, -0.15) is 0 Å². The van der Waals surface area contributed by atoms with E-state index >= 15 is 0 Å². The predicted molar refractivity (Wildman–Crippen MR) is 78.0 cm³/mol. The van der Waals surface area contributed by atoms with Gasteiger partial charge in [-0.25, -0.2) is 0 Å². The van der Waals surface area contributed by atoms with Gasteiger partial charge in [0.1, 0.15) is 6.10 Å². The van der Waals surface area contributed by atoms with Crippen LogP contribution in [0.15, 0.2) is 48.5 Å². The molecule has 0 aromatic heterocycles. The molecule has 0 spiro atoms. The van der Waals surface area contributed by atoms with Crippen molar-refractivity contribution in [2.75, 3.05) is 5.73 Å². The summed E-state index contributed by atoms with van der Waals surface area (Å²) in [6.07, 6.45) is 3.19. The Balaban J connectivity index is 1.97. The third-order valence-corrected chi connectivity index (χ3v) is 4.06. The van der Waals surface area contributed by atoms with Gasteiger partial charge >= 0.3 is 0 Å². The molecule has 3 rings (SSSR count). The van der Waals surface area contributed by atoms with Crippen LogP contribution in [-0.2, 0) is 0 Å². The fraction of sp³-hybridized carbons (Fsp3) is 0.294. The Morgan fingerprint density at radius 3 is 2.53 bits per heavy atom. The molecule has 1 atom stereocenters. The molecule has 98 valence electrons. The normalized spacial score (nSPS) is 16.9. The van der Waals surface area contributed by atoms with Crippen molar-refractivity contribution < 1.29 is 5.11 Å². The number of aliphatic hydroxyl groups excluding tert-OH is 1. The molecule has 0 amide bonds. The first-order valence-electron chi connectivity index (χ1n) is 6.88. The van der Waals surface area contributed by atoms with Crippen LogP contribution in [-0.4, -0.2) is 5.11 Å². The van der Waals surface area contributed by atoms with Crippen molar-refractivity contribution in [2.24, 2.45) is 0 Å². The van der Waals surface area contributed by atoms with Gasteiger partial charge in [-0.1, -0.05) is 42.8 Å². The molecule has 2 heteroatoms. The molecule has 1 fully saturated rings. The third-order valence-electron chi connectivity index (χ3n) is 4.06. The molecule has 1 aliphatic carbocycles. The highest BCUT2D eigenvalue weighted by atomic mass is 16.3. The SMILES string of the molecule is Nc1cccc(C(O)c2ccccc2C2CCC2)c1. The van der Waals surface area contributed by atoms with E-state index in [0.29, 0.717) is 11.6 Å². The average Bonchev–Trinajstić information content (AvgIpc) is 2.37. The van der Waals surface area contributed by atoms with E-state index in [0.717, 1.165) is 11.1 Å². The van der Waals surface area contributed by atoms with Crippen LogP contribution in [0.3, 0.4) is 0 Å². The second kappa shape index (κ2) is 5.06. The van der Waals surface area contributed by atoms with E-state index in [4.69, 9.17) is 5.73 Å². The average molecular weight is 253 g/mol. The standard InChI is InChI=1S/C17H19NO/c18-14-8-4-7-13(11-14)17(19)16-10-2-1-9-15(16)12-5-3-6-12/h1-2,4,7-12,17,19H,3,5-6,18H2. The van der Waals surface area contributed by atoms with Crippen molar-refractivity contribution in [3.05, 3.63) is 65.2 Å². The van der Waals surface area contributed by atoms with Crippen molar-refractivity contribution in [2.45, 2.75) is 31.3 Å². The van der Waals surface area contributed by atoms with E-state index in [9.17, 15) is 5.11 Å². The summed E-state index contributed by atoms with van der Waals surface area (Å²) in [6.45, 7) is 0. The zero-order valence-electron chi connectivity index (χ0n) is 10.9. The Hall–Kier alpha value is -1.80. The molecule has 19 heavy (non-hydrogen) atoms. The van der Waals surface area contributed by atoms with Gasteiger partial charge in [-0.05, 0) is 47.6 Å². The zero-order valence-corrected chi connectivity index (χ0v) is 10.9. The molecule has 1 unspecified atom stereocenters. The van der Waals surface area contributed by atoms with Gasteiger partial charge in [0.15, 0.2) is 0 Å². The largest absolute Gasteiger partial charge is 0.399 e. The molecule has 0 saturated heterocycles. The van der Waals surface area contributed by atoms with Gasteiger partial charge in [0.2, 0.25) is 0 Å². The van der Waals surface area contributed by atoms with Gasteiger partial charge in [-0.15, -0.1) is 0 Å². The summed E-state index contributed by atoms with van der Waals surface area (Å²) in [5, 5.41) is 10.6. The molecule has 0 heterocycles. The van der Waals surface area contributed by atoms with Gasteiger partial charge in [0.05, 0.1) is 0 Å². The smallest absolute Gasteiger partial charge is 0.104 e. The number of nitrogen functional groups attached to an aromatic ring is 1. The summed E-state index contributed by atoms with van der Waals surface area (Å²) >= 11 is 0. The molecule has 0 aliphatic heterocycles. The van der Waals surface area contributed by atoms with Gasteiger partial charge in [-0.3, -0.25) is 0 Å². The van der Waals surface area contributed by atoms with Crippen molar-refractivity contribution in [1.82, 2.24) is 0 Å². The maximum Gasteiger partial charge on any atom is 0.104 e. The van der Waals surface area contributed by atoms with Crippen molar-refractivity contribution in [1.29, 1.82) is 0 Å². The summed E-state index contributed by atoms with van der Waals surface area (Å²) in [7, 11) is 0. The molecule has 1 aliphatic rings. The highest BCUT2D eigenvalue weighted by Crippen LogP contribution is 2.40. The van der Waals surface area contributed by atoms with Crippen LogP contribution in [0.25, 0.3) is 0 Å². The highest BCUT2D eigenvalue weighted by Gasteiger charge is 2.24. The molecular formula is C17H19NO. The van der Waals surface area contributed by atoms with Crippen LogP contribution in [0.4, 0.5) is 5.69 Å². The Labute approximate surface area is 113 Å². The topological polar surface area (TPSA) is 46.2 Å². The van der Waals surface area contributed by atoms with Crippen LogP contribution in [0.1, 0.15) is 48.0 Å². The minimum Gasteiger partial charge on any atom is -0.399 e. The fourth-order valence-corrected chi connectivity index (χ4v) is 2.76. The first kappa shape index (κ1) is 12.2. The van der Waals surface area contributed by atoms with E-state index in [1.165, 1.54) is 24.8 Å². The summed E-state index contributed by atoms with van der Waals surface area (Å²) in [6, 6.07) is 15.7. The second-order valence-corrected chi connectivity index (χ2v) is 5.33. The van der Waals surface area contributed by atoms with Crippen LogP contribution < -0.4 is 5.73 Å². The van der Waals surface area contributed by atoms with E-state index in [1.807, 2.05) is 36.4 Å². The summed E-state index contributed by atoms with van der Waals surface area (Å²) in [5.74, 6) is 0.618. The molecular weight excluding hydrogens is 234 g/mol. The maximum absolute atomic E-state index is 10.6. The molecule has 0 bridgehead atoms. The third kappa shape index (κ3) is 2.36. The number of rotatable bonds is 3. The lowest BCUT2D eigenvalue weighted by molar-refractivity contribution is 0.217. The number of anilines is 1. The van der Waals surface area contributed by atoms with Gasteiger partial charge < -0.3 is 10.8 Å². The quantitative estimate of drug-likeness (QED) is 0.821. The predicted octanol–water partition coefficient (Wildman–Crippen LogP) is 3.62. The van der Waals surface area contributed by atoms with Crippen LogP contribution in [0.5, 0.6) is 0 Å². The minimum absolute atomic E-state index is 0.583. The Morgan fingerprint density at radius 1 is 1.05 bits per heavy atom. The van der Waals surface area contributed by atoms with E-state index in [2.05, 4.69) is 12.1 Å². The van der Waals surface area contributed by atoms with Crippen molar-refractivity contribution >= 4 is 5.69 Å². The van der Waals surface area contributed by atoms with Crippen LogP contribution in [0.2, 0.25) is 0 Å². The van der Waals surface area contributed by atoms with E-state index < -0.39 is 6.10 Å². The molecule has 0 radical (unpaired) electrons. The van der Waals surface area contributed by atoms with Gasteiger partial charge in [0, 0.05) is 5.69 Å². The van der Waals surface area contributed by atoms with Crippen LogP contribution >= 0.6 is 0 Å². The number of hydrogen-bond acceptors (Lipinski definition) is 2. The summed E-state index contributed by atoms with van der Waals surface area (Å²) in [5.41, 5.74) is 9.68. The Kier molecular flexibility index (Phi) is 3.26. The molecule has 2 aromatic rings. The summed E-state index contributed by atoms with van der Waals surface area (Å²) in [4.78, 5) is 0. The Bertz CT molecular complexity index is 575. The lowest BCUT2D eigenvalue weighted by atomic mass is 9.77. The van der Waals surface area contributed by atoms with Crippen molar-refractivity contribution in [3.8, 4) is 0 Å². The van der Waals surface area contributed by atoms with Gasteiger partial charge in [0.25, 0.3) is 0 Å². The fourth-order valence-electron chi connectivity index (χ4n) is 2.76. The zero-order chi connectivity index (χ0) is 13.2.